The van der Waals surface area contributed by atoms with Crippen LogP contribution in [0.25, 0.3) is 0 Å². The topological polar surface area (TPSA) is 69.7 Å². The number of anilines is 1. The summed E-state index contributed by atoms with van der Waals surface area (Å²) in [5.74, 6) is -3.46. The van der Waals surface area contributed by atoms with Crippen molar-refractivity contribution in [1.29, 1.82) is 0 Å². The molecule has 1 saturated heterocycles. The molecule has 0 saturated carbocycles. The second-order valence-electron chi connectivity index (χ2n) is 6.43. The summed E-state index contributed by atoms with van der Waals surface area (Å²) in [4.78, 5) is 13.5. The Hall–Kier alpha value is -2.14. The third-order valence-corrected chi connectivity index (χ3v) is 6.56. The number of sulfonamides is 1. The first-order chi connectivity index (χ1) is 13.7. The van der Waals surface area contributed by atoms with Crippen LogP contribution in [-0.4, -0.2) is 56.3 Å². The van der Waals surface area contributed by atoms with E-state index in [0.29, 0.717) is 6.07 Å². The minimum absolute atomic E-state index is 0.0398. The fraction of sp³-hybridized carbons (Fsp3) is 0.278. The second kappa shape index (κ2) is 8.70. The maximum Gasteiger partial charge on any atom is 0.243 e. The van der Waals surface area contributed by atoms with E-state index in [0.717, 1.165) is 22.5 Å². The Morgan fingerprint density at radius 2 is 1.62 bits per heavy atom. The van der Waals surface area contributed by atoms with Gasteiger partial charge in [0.15, 0.2) is 11.6 Å². The molecule has 29 heavy (non-hydrogen) atoms. The Morgan fingerprint density at radius 3 is 2.28 bits per heavy atom. The Morgan fingerprint density at radius 1 is 0.966 bits per heavy atom. The molecule has 3 rings (SSSR count). The van der Waals surface area contributed by atoms with Gasteiger partial charge in [-0.3, -0.25) is 9.69 Å². The number of hydrogen-bond donors (Lipinski definition) is 1. The number of nitrogens with zero attached hydrogens (tertiary/aromatic N) is 2. The molecule has 0 radical (unpaired) electrons. The second-order valence-corrected chi connectivity index (χ2v) is 8.80. The zero-order valence-corrected chi connectivity index (χ0v) is 16.6. The molecule has 1 aliphatic heterocycles. The van der Waals surface area contributed by atoms with Gasteiger partial charge >= 0.3 is 0 Å². The van der Waals surface area contributed by atoms with Gasteiger partial charge in [-0.15, -0.1) is 0 Å². The summed E-state index contributed by atoms with van der Waals surface area (Å²) in [5, 5.41) is 2.70. The van der Waals surface area contributed by atoms with Crippen molar-refractivity contribution in [2.24, 2.45) is 0 Å². The molecule has 1 amide bonds. The average Bonchev–Trinajstić information content (AvgIpc) is 2.67. The van der Waals surface area contributed by atoms with Crippen molar-refractivity contribution in [3.05, 3.63) is 58.9 Å². The van der Waals surface area contributed by atoms with Gasteiger partial charge in [0, 0.05) is 31.2 Å². The lowest BCUT2D eigenvalue weighted by molar-refractivity contribution is -0.117. The van der Waals surface area contributed by atoms with Gasteiger partial charge in [0.05, 0.1) is 17.1 Å². The van der Waals surface area contributed by atoms with Crippen LogP contribution in [-0.2, 0) is 14.8 Å². The minimum Gasteiger partial charge on any atom is -0.322 e. The number of benzene rings is 2. The van der Waals surface area contributed by atoms with E-state index < -0.39 is 33.4 Å². The first-order valence-corrected chi connectivity index (χ1v) is 10.4. The largest absolute Gasteiger partial charge is 0.322 e. The maximum atomic E-state index is 13.7. The molecule has 2 aromatic rings. The van der Waals surface area contributed by atoms with Gasteiger partial charge in [-0.2, -0.15) is 4.31 Å². The summed E-state index contributed by atoms with van der Waals surface area (Å²) in [6, 6.07) is 6.20. The molecule has 0 atom stereocenters. The Balaban J connectivity index is 1.58. The van der Waals surface area contributed by atoms with Crippen LogP contribution in [0.4, 0.5) is 18.9 Å². The molecule has 1 N–H and O–H groups in total. The summed E-state index contributed by atoms with van der Waals surface area (Å²) in [7, 11) is -3.98. The molecule has 6 nitrogen and oxygen atoms in total. The van der Waals surface area contributed by atoms with Crippen LogP contribution in [0, 0.1) is 17.5 Å². The van der Waals surface area contributed by atoms with E-state index in [1.165, 1.54) is 12.1 Å². The monoisotopic (exact) mass is 447 g/mol. The van der Waals surface area contributed by atoms with Crippen molar-refractivity contribution in [3.8, 4) is 0 Å². The molecule has 0 unspecified atom stereocenters. The van der Waals surface area contributed by atoms with Crippen molar-refractivity contribution < 1.29 is 26.4 Å². The first kappa shape index (κ1) is 21.6. The normalized spacial score (nSPS) is 16.0. The van der Waals surface area contributed by atoms with Crippen molar-refractivity contribution in [2.45, 2.75) is 4.90 Å². The smallest absolute Gasteiger partial charge is 0.243 e. The third kappa shape index (κ3) is 5.08. The van der Waals surface area contributed by atoms with Crippen LogP contribution in [0.3, 0.4) is 0 Å². The molecular formula is C18H17ClF3N3O3S. The molecule has 1 fully saturated rings. The average molecular weight is 448 g/mol. The summed E-state index contributed by atoms with van der Waals surface area (Å²) in [6.45, 7) is 0.563. The standard InChI is InChI=1S/C18H17ClF3N3O3S/c19-12-1-3-15(21)17(9-12)23-18(26)11-24-5-7-25(8-6-24)29(27,28)13-2-4-14(20)16(22)10-13/h1-4,9-10H,5-8,11H2,(H,23,26). The SMILES string of the molecule is O=C(CN1CCN(S(=O)(=O)c2ccc(F)c(F)c2)CC1)Nc1cc(Cl)ccc1F. The predicted octanol–water partition coefficient (Wildman–Crippen LogP) is 2.70. The summed E-state index contributed by atoms with van der Waals surface area (Å²) in [5.41, 5.74) is -0.0398. The molecular weight excluding hydrogens is 431 g/mol. The number of piperazine rings is 1. The van der Waals surface area contributed by atoms with Gasteiger partial charge in [-0.05, 0) is 36.4 Å². The maximum absolute atomic E-state index is 13.7. The van der Waals surface area contributed by atoms with Crippen LogP contribution in [0.5, 0.6) is 0 Å². The molecule has 0 spiro atoms. The number of nitrogens with one attached hydrogen (secondary N) is 1. The highest BCUT2D eigenvalue weighted by Crippen LogP contribution is 2.21. The van der Waals surface area contributed by atoms with Crippen LogP contribution in [0.2, 0.25) is 5.02 Å². The number of halogens is 4. The van der Waals surface area contributed by atoms with Crippen molar-refractivity contribution in [1.82, 2.24) is 9.21 Å². The van der Waals surface area contributed by atoms with E-state index >= 15 is 0 Å². The van der Waals surface area contributed by atoms with Crippen molar-refractivity contribution in [2.75, 3.05) is 38.0 Å². The predicted molar refractivity (Wildman–Crippen MR) is 102 cm³/mol. The van der Waals surface area contributed by atoms with E-state index in [1.807, 2.05) is 0 Å². The Bertz CT molecular complexity index is 1030. The van der Waals surface area contributed by atoms with Gasteiger partial charge in [0.25, 0.3) is 0 Å². The zero-order chi connectivity index (χ0) is 21.2. The van der Waals surface area contributed by atoms with Crippen LogP contribution < -0.4 is 5.32 Å². The Labute approximate surface area is 170 Å². The van der Waals surface area contributed by atoms with E-state index in [9.17, 15) is 26.4 Å². The quantitative estimate of drug-likeness (QED) is 0.765. The first-order valence-electron chi connectivity index (χ1n) is 8.59. The molecule has 2 aromatic carbocycles. The highest BCUT2D eigenvalue weighted by molar-refractivity contribution is 7.89. The van der Waals surface area contributed by atoms with Crippen molar-refractivity contribution in [3.63, 3.8) is 0 Å². The number of carbonyl (C=O) groups excluding carboxylic acids is 1. The summed E-state index contributed by atoms with van der Waals surface area (Å²) >= 11 is 5.78. The van der Waals surface area contributed by atoms with Crippen LogP contribution in [0.1, 0.15) is 0 Å². The molecule has 0 aliphatic carbocycles. The van der Waals surface area contributed by atoms with Crippen LogP contribution >= 0.6 is 11.6 Å². The summed E-state index contributed by atoms with van der Waals surface area (Å²) < 4.78 is 66.4. The molecule has 156 valence electrons. The van der Waals surface area contributed by atoms with E-state index in [4.69, 9.17) is 11.6 Å². The molecule has 0 aromatic heterocycles. The summed E-state index contributed by atoms with van der Waals surface area (Å²) in [6.07, 6.45) is 0. The molecule has 0 bridgehead atoms. The highest BCUT2D eigenvalue weighted by atomic mass is 35.5. The van der Waals surface area contributed by atoms with Gasteiger partial charge < -0.3 is 5.32 Å². The number of hydrogen-bond acceptors (Lipinski definition) is 4. The van der Waals surface area contributed by atoms with Gasteiger partial charge in [0.2, 0.25) is 15.9 Å². The van der Waals surface area contributed by atoms with Gasteiger partial charge in [-0.25, -0.2) is 21.6 Å². The highest BCUT2D eigenvalue weighted by Gasteiger charge is 2.29. The van der Waals surface area contributed by atoms with E-state index in [2.05, 4.69) is 5.32 Å². The van der Waals surface area contributed by atoms with E-state index in [1.54, 1.807) is 4.90 Å². The van der Waals surface area contributed by atoms with Crippen LogP contribution in [0.15, 0.2) is 41.3 Å². The van der Waals surface area contributed by atoms with Gasteiger partial charge in [-0.1, -0.05) is 11.6 Å². The number of amides is 1. The van der Waals surface area contributed by atoms with E-state index in [-0.39, 0.29) is 48.3 Å². The molecule has 1 heterocycles. The lowest BCUT2D eigenvalue weighted by Gasteiger charge is -2.33. The fourth-order valence-electron chi connectivity index (χ4n) is 2.90. The van der Waals surface area contributed by atoms with Gasteiger partial charge in [0.1, 0.15) is 5.82 Å². The van der Waals surface area contributed by atoms with Crippen molar-refractivity contribution >= 4 is 33.2 Å². The fourth-order valence-corrected chi connectivity index (χ4v) is 4.51. The molecule has 1 aliphatic rings. The number of carbonyl (C=O) groups is 1. The number of rotatable bonds is 5. The molecule has 11 heteroatoms. The Kier molecular flexibility index (Phi) is 6.47. The minimum atomic E-state index is -3.98. The lowest BCUT2D eigenvalue weighted by atomic mass is 10.3. The lowest BCUT2D eigenvalue weighted by Crippen LogP contribution is -2.50. The third-order valence-electron chi connectivity index (χ3n) is 4.43. The zero-order valence-electron chi connectivity index (χ0n) is 15.0.